The molecule has 0 aliphatic heterocycles. The van der Waals surface area contributed by atoms with Crippen LogP contribution in [0.1, 0.15) is 54.4 Å². The second-order valence-corrected chi connectivity index (χ2v) is 18.9. The van der Waals surface area contributed by atoms with Crippen LogP contribution < -0.4 is 0 Å². The topological polar surface area (TPSA) is 18.5 Å². The van der Waals surface area contributed by atoms with Crippen molar-refractivity contribution in [3.05, 3.63) is 0 Å². The van der Waals surface area contributed by atoms with Gasteiger partial charge in [-0.05, 0) is 42.7 Å². The molecule has 0 aliphatic carbocycles. The first-order valence-corrected chi connectivity index (χ1v) is 14.2. The van der Waals surface area contributed by atoms with E-state index in [1.807, 2.05) is 0 Å². The fourth-order valence-corrected chi connectivity index (χ4v) is 3.94. The van der Waals surface area contributed by atoms with Crippen LogP contribution in [0.2, 0.25) is 36.3 Å². The van der Waals surface area contributed by atoms with Gasteiger partial charge in [-0.15, -0.1) is 12.3 Å². The van der Waals surface area contributed by atoms with Gasteiger partial charge in [0.1, 0.15) is 0 Å². The predicted octanol–water partition coefficient (Wildman–Crippen LogP) is 5.81. The van der Waals surface area contributed by atoms with Crippen LogP contribution in [0.5, 0.6) is 0 Å². The Bertz CT molecular complexity index is 381. The highest BCUT2D eigenvalue weighted by molar-refractivity contribution is 6.74. The molecule has 0 N–H and O–H groups in total. The summed E-state index contributed by atoms with van der Waals surface area (Å²) in [5.74, 6) is 2.74. The first-order chi connectivity index (χ1) is 9.64. The van der Waals surface area contributed by atoms with Gasteiger partial charge in [-0.3, -0.25) is 0 Å². The fraction of sp³-hybridized carbons (Fsp3) is 0.889. The van der Waals surface area contributed by atoms with Gasteiger partial charge in [0, 0.05) is 6.42 Å². The van der Waals surface area contributed by atoms with Crippen LogP contribution in [0.25, 0.3) is 0 Å². The van der Waals surface area contributed by atoms with E-state index in [0.29, 0.717) is 6.61 Å². The van der Waals surface area contributed by atoms with E-state index < -0.39 is 16.6 Å². The van der Waals surface area contributed by atoms with Crippen LogP contribution in [0, 0.1) is 12.3 Å². The summed E-state index contributed by atoms with van der Waals surface area (Å²) in [6.45, 7) is 23.5. The van der Waals surface area contributed by atoms with Crippen molar-refractivity contribution in [2.24, 2.45) is 0 Å². The van der Waals surface area contributed by atoms with Crippen molar-refractivity contribution in [1.82, 2.24) is 0 Å². The largest absolute Gasteiger partial charge is 0.414 e. The van der Waals surface area contributed by atoms with Gasteiger partial charge < -0.3 is 8.85 Å². The summed E-state index contributed by atoms with van der Waals surface area (Å²) in [6, 6.07) is 0. The summed E-state index contributed by atoms with van der Waals surface area (Å²) in [4.78, 5) is 0. The SMILES string of the molecule is C#CCC[C@@H](CO[Si](C)(C)C(C)(C)C)O[Si](C)(C)C(C)(C)C. The molecule has 0 aliphatic rings. The quantitative estimate of drug-likeness (QED) is 0.429. The zero-order chi connectivity index (χ0) is 17.8. The highest BCUT2D eigenvalue weighted by atomic mass is 28.4. The first-order valence-electron chi connectivity index (χ1n) is 8.39. The Morgan fingerprint density at radius 2 is 1.36 bits per heavy atom. The molecule has 0 heterocycles. The maximum atomic E-state index is 6.55. The predicted molar refractivity (Wildman–Crippen MR) is 103 cm³/mol. The van der Waals surface area contributed by atoms with Gasteiger partial charge >= 0.3 is 0 Å². The number of hydrogen-bond acceptors (Lipinski definition) is 2. The minimum Gasteiger partial charge on any atom is -0.414 e. The highest BCUT2D eigenvalue weighted by Crippen LogP contribution is 2.39. The standard InChI is InChI=1S/C18H38O2Si2/c1-12-13-14-16(20-22(10,11)18(5,6)7)15-19-21(8,9)17(2,3)4/h1,16H,13-15H2,2-11H3/t16-/m0/s1. The van der Waals surface area contributed by atoms with Crippen LogP contribution in [-0.4, -0.2) is 29.3 Å². The number of hydrogen-bond donors (Lipinski definition) is 0. The van der Waals surface area contributed by atoms with Gasteiger partial charge in [-0.1, -0.05) is 41.5 Å². The molecule has 0 unspecified atom stereocenters. The summed E-state index contributed by atoms with van der Waals surface area (Å²) in [5, 5.41) is 0.430. The second-order valence-electron chi connectivity index (χ2n) is 9.31. The molecule has 0 aromatic rings. The summed E-state index contributed by atoms with van der Waals surface area (Å²) in [6.07, 6.45) is 7.20. The minimum absolute atomic E-state index is 0.117. The van der Waals surface area contributed by atoms with Gasteiger partial charge in [0.05, 0.1) is 12.7 Å². The van der Waals surface area contributed by atoms with Crippen molar-refractivity contribution >= 4 is 16.6 Å². The van der Waals surface area contributed by atoms with E-state index in [1.165, 1.54) is 0 Å². The van der Waals surface area contributed by atoms with Crippen LogP contribution in [0.4, 0.5) is 0 Å². The summed E-state index contributed by atoms with van der Waals surface area (Å²) in [5.41, 5.74) is 0. The molecule has 22 heavy (non-hydrogen) atoms. The van der Waals surface area contributed by atoms with Crippen molar-refractivity contribution in [2.45, 2.75) is 96.8 Å². The molecule has 0 radical (unpaired) electrons. The molecule has 130 valence electrons. The maximum absolute atomic E-state index is 6.55. The molecule has 0 spiro atoms. The third kappa shape index (κ3) is 6.58. The number of rotatable bonds is 7. The van der Waals surface area contributed by atoms with Crippen LogP contribution >= 0.6 is 0 Å². The molecule has 0 rings (SSSR count). The zero-order valence-corrected chi connectivity index (χ0v) is 18.6. The molecule has 0 aromatic carbocycles. The molecule has 0 saturated heterocycles. The molecule has 1 atom stereocenters. The second kappa shape index (κ2) is 7.66. The Labute approximate surface area is 141 Å². The van der Waals surface area contributed by atoms with E-state index in [1.54, 1.807) is 0 Å². The Hall–Kier alpha value is -0.0862. The van der Waals surface area contributed by atoms with Crippen LogP contribution in [-0.2, 0) is 8.85 Å². The lowest BCUT2D eigenvalue weighted by atomic mass is 10.2. The van der Waals surface area contributed by atoms with E-state index >= 15 is 0 Å². The maximum Gasteiger partial charge on any atom is 0.192 e. The molecule has 0 amide bonds. The monoisotopic (exact) mass is 342 g/mol. The summed E-state index contributed by atoms with van der Waals surface area (Å²) in [7, 11) is -3.54. The molecular formula is C18H38O2Si2. The van der Waals surface area contributed by atoms with Crippen molar-refractivity contribution in [3.63, 3.8) is 0 Å². The lowest BCUT2D eigenvalue weighted by molar-refractivity contribution is 0.102. The molecule has 4 heteroatoms. The smallest absolute Gasteiger partial charge is 0.192 e. The van der Waals surface area contributed by atoms with Crippen molar-refractivity contribution in [2.75, 3.05) is 6.61 Å². The third-order valence-electron chi connectivity index (χ3n) is 5.31. The van der Waals surface area contributed by atoms with Crippen LogP contribution in [0.3, 0.4) is 0 Å². The summed E-state index contributed by atoms with van der Waals surface area (Å²) < 4.78 is 12.9. The molecule has 0 aromatic heterocycles. The zero-order valence-electron chi connectivity index (χ0n) is 16.6. The molecule has 0 fully saturated rings. The van der Waals surface area contributed by atoms with E-state index in [-0.39, 0.29) is 16.2 Å². The van der Waals surface area contributed by atoms with Crippen molar-refractivity contribution in [1.29, 1.82) is 0 Å². The Kier molecular flexibility index (Phi) is 7.63. The van der Waals surface area contributed by atoms with Crippen molar-refractivity contribution in [3.8, 4) is 12.3 Å². The summed E-state index contributed by atoms with van der Waals surface area (Å²) >= 11 is 0. The third-order valence-corrected chi connectivity index (χ3v) is 14.4. The lowest BCUT2D eigenvalue weighted by Gasteiger charge is -2.41. The van der Waals surface area contributed by atoms with Crippen LogP contribution in [0.15, 0.2) is 0 Å². The van der Waals surface area contributed by atoms with Gasteiger partial charge in [-0.25, -0.2) is 0 Å². The Morgan fingerprint density at radius 1 is 0.909 bits per heavy atom. The normalized spacial score (nSPS) is 15.5. The van der Waals surface area contributed by atoms with E-state index in [2.05, 4.69) is 73.7 Å². The molecule has 0 bridgehead atoms. The van der Waals surface area contributed by atoms with Gasteiger partial charge in [0.25, 0.3) is 0 Å². The van der Waals surface area contributed by atoms with E-state index in [4.69, 9.17) is 15.3 Å². The highest BCUT2D eigenvalue weighted by Gasteiger charge is 2.41. The average Bonchev–Trinajstić information content (AvgIpc) is 2.29. The fourth-order valence-electron chi connectivity index (χ4n) is 1.53. The lowest BCUT2D eigenvalue weighted by Crippen LogP contribution is -2.47. The Morgan fingerprint density at radius 3 is 1.73 bits per heavy atom. The van der Waals surface area contributed by atoms with Gasteiger partial charge in [0.2, 0.25) is 0 Å². The molecule has 2 nitrogen and oxygen atoms in total. The van der Waals surface area contributed by atoms with E-state index in [0.717, 1.165) is 12.8 Å². The van der Waals surface area contributed by atoms with Crippen molar-refractivity contribution < 1.29 is 8.85 Å². The average molecular weight is 343 g/mol. The minimum atomic E-state index is -1.79. The Balaban J connectivity index is 4.92. The first kappa shape index (κ1) is 21.9. The molecular weight excluding hydrogens is 304 g/mol. The van der Waals surface area contributed by atoms with Gasteiger partial charge in [-0.2, -0.15) is 0 Å². The van der Waals surface area contributed by atoms with Gasteiger partial charge in [0.15, 0.2) is 16.6 Å². The molecule has 0 saturated carbocycles. The number of terminal acetylenes is 1. The van der Waals surface area contributed by atoms with E-state index in [9.17, 15) is 0 Å².